The Bertz CT molecular complexity index is 546. The number of nitrogens with zero attached hydrogens (tertiary/aromatic N) is 1. The Morgan fingerprint density at radius 1 is 1.35 bits per heavy atom. The Kier molecular flexibility index (Phi) is 5.15. The molecule has 0 spiro atoms. The highest BCUT2D eigenvalue weighted by Gasteiger charge is 2.12. The van der Waals surface area contributed by atoms with Gasteiger partial charge in [0.1, 0.15) is 5.75 Å². The number of nitrogens with two attached hydrogens (primary N) is 1. The summed E-state index contributed by atoms with van der Waals surface area (Å²) < 4.78 is 5.65. The van der Waals surface area contributed by atoms with Crippen molar-refractivity contribution in [1.82, 2.24) is 4.98 Å². The average Bonchev–Trinajstić information content (AvgIpc) is 2.75. The van der Waals surface area contributed by atoms with Crippen molar-refractivity contribution in [3.8, 4) is 5.75 Å². The van der Waals surface area contributed by atoms with E-state index in [2.05, 4.69) is 24.9 Å². The summed E-state index contributed by atoms with van der Waals surface area (Å²) in [6.07, 6.45) is 1.78. The Balaban J connectivity index is 2.06. The Morgan fingerprint density at radius 3 is 2.80 bits per heavy atom. The van der Waals surface area contributed by atoms with Crippen LogP contribution in [0.5, 0.6) is 5.75 Å². The van der Waals surface area contributed by atoms with Crippen LogP contribution in [-0.2, 0) is 6.42 Å². The minimum Gasteiger partial charge on any atom is -0.494 e. The highest BCUT2D eigenvalue weighted by Crippen LogP contribution is 2.24. The summed E-state index contributed by atoms with van der Waals surface area (Å²) in [6.45, 7) is 6.98. The van der Waals surface area contributed by atoms with Crippen LogP contribution in [0, 0.1) is 13.8 Å². The van der Waals surface area contributed by atoms with E-state index in [0.717, 1.165) is 41.5 Å². The maximum absolute atomic E-state index is 6.30. The molecule has 1 unspecified atom stereocenters. The molecule has 20 heavy (non-hydrogen) atoms. The van der Waals surface area contributed by atoms with Crippen molar-refractivity contribution in [3.63, 3.8) is 0 Å². The molecule has 1 aromatic carbocycles. The summed E-state index contributed by atoms with van der Waals surface area (Å²) in [6, 6.07) is 8.03. The number of ether oxygens (including phenoxy) is 1. The molecule has 2 aromatic rings. The maximum atomic E-state index is 6.30. The van der Waals surface area contributed by atoms with E-state index >= 15 is 0 Å². The van der Waals surface area contributed by atoms with Gasteiger partial charge in [0.15, 0.2) is 0 Å². The standard InChI is InChI=1S/C16H22N2OS/c1-4-8-19-14-7-5-6-13(9-14)15(17)10-16-18-11(2)12(3)20-16/h5-7,9,15H,4,8,10,17H2,1-3H3. The molecule has 1 aromatic heterocycles. The number of benzene rings is 1. The molecule has 1 atom stereocenters. The van der Waals surface area contributed by atoms with E-state index in [-0.39, 0.29) is 6.04 Å². The van der Waals surface area contributed by atoms with E-state index in [9.17, 15) is 0 Å². The minimum absolute atomic E-state index is 0.0369. The van der Waals surface area contributed by atoms with Crippen molar-refractivity contribution in [2.75, 3.05) is 6.61 Å². The molecular weight excluding hydrogens is 268 g/mol. The van der Waals surface area contributed by atoms with Crippen LogP contribution in [0.25, 0.3) is 0 Å². The van der Waals surface area contributed by atoms with Crippen molar-refractivity contribution in [1.29, 1.82) is 0 Å². The first-order chi connectivity index (χ1) is 9.60. The van der Waals surface area contributed by atoms with E-state index < -0.39 is 0 Å². The molecule has 0 radical (unpaired) electrons. The lowest BCUT2D eigenvalue weighted by Gasteiger charge is -2.12. The van der Waals surface area contributed by atoms with E-state index in [1.807, 2.05) is 25.1 Å². The van der Waals surface area contributed by atoms with Gasteiger partial charge in [-0.25, -0.2) is 4.98 Å². The van der Waals surface area contributed by atoms with Gasteiger partial charge < -0.3 is 10.5 Å². The third kappa shape index (κ3) is 3.81. The zero-order valence-corrected chi connectivity index (χ0v) is 13.2. The van der Waals surface area contributed by atoms with Crippen LogP contribution in [0.3, 0.4) is 0 Å². The summed E-state index contributed by atoms with van der Waals surface area (Å²) in [5.74, 6) is 0.895. The third-order valence-corrected chi connectivity index (χ3v) is 4.32. The summed E-state index contributed by atoms with van der Waals surface area (Å²) in [5.41, 5.74) is 8.50. The van der Waals surface area contributed by atoms with E-state index in [0.29, 0.717) is 0 Å². The molecule has 108 valence electrons. The third-order valence-electron chi connectivity index (χ3n) is 3.23. The van der Waals surface area contributed by atoms with Crippen LogP contribution in [0.1, 0.15) is 40.5 Å². The molecule has 2 rings (SSSR count). The summed E-state index contributed by atoms with van der Waals surface area (Å²) in [7, 11) is 0. The van der Waals surface area contributed by atoms with Crippen LogP contribution < -0.4 is 10.5 Å². The van der Waals surface area contributed by atoms with Gasteiger partial charge in [-0.05, 0) is 38.0 Å². The molecule has 3 nitrogen and oxygen atoms in total. The van der Waals surface area contributed by atoms with Gasteiger partial charge >= 0.3 is 0 Å². The Labute approximate surface area is 124 Å². The molecule has 2 N–H and O–H groups in total. The molecule has 0 amide bonds. The van der Waals surface area contributed by atoms with Gasteiger partial charge in [0, 0.05) is 17.3 Å². The van der Waals surface area contributed by atoms with E-state index in [1.54, 1.807) is 11.3 Å². The number of rotatable bonds is 6. The van der Waals surface area contributed by atoms with Crippen molar-refractivity contribution in [2.45, 2.75) is 39.7 Å². The normalized spacial score (nSPS) is 12.4. The second-order valence-corrected chi connectivity index (χ2v) is 6.27. The highest BCUT2D eigenvalue weighted by molar-refractivity contribution is 7.11. The van der Waals surface area contributed by atoms with Gasteiger partial charge in [-0.15, -0.1) is 11.3 Å². The number of hydrogen-bond donors (Lipinski definition) is 1. The average molecular weight is 290 g/mol. The van der Waals surface area contributed by atoms with Gasteiger partial charge in [-0.1, -0.05) is 19.1 Å². The predicted molar refractivity (Wildman–Crippen MR) is 84.4 cm³/mol. The van der Waals surface area contributed by atoms with Crippen LogP contribution in [-0.4, -0.2) is 11.6 Å². The second-order valence-electron chi connectivity index (χ2n) is 4.98. The molecule has 1 heterocycles. The van der Waals surface area contributed by atoms with Gasteiger partial charge in [0.05, 0.1) is 17.3 Å². The molecule has 0 saturated carbocycles. The van der Waals surface area contributed by atoms with Crippen molar-refractivity contribution < 1.29 is 4.74 Å². The van der Waals surface area contributed by atoms with E-state index in [4.69, 9.17) is 10.5 Å². The number of aryl methyl sites for hydroxylation is 2. The number of thiazole rings is 1. The lowest BCUT2D eigenvalue weighted by Crippen LogP contribution is -2.13. The maximum Gasteiger partial charge on any atom is 0.119 e. The zero-order valence-electron chi connectivity index (χ0n) is 12.3. The van der Waals surface area contributed by atoms with Gasteiger partial charge in [0.25, 0.3) is 0 Å². The predicted octanol–water partition coefficient (Wildman–Crippen LogP) is 3.79. The molecule has 0 fully saturated rings. The topological polar surface area (TPSA) is 48.1 Å². The Morgan fingerprint density at radius 2 is 2.15 bits per heavy atom. The smallest absolute Gasteiger partial charge is 0.119 e. The van der Waals surface area contributed by atoms with Crippen molar-refractivity contribution in [3.05, 3.63) is 45.4 Å². The molecular formula is C16H22N2OS. The van der Waals surface area contributed by atoms with Crippen LogP contribution in [0.2, 0.25) is 0 Å². The highest BCUT2D eigenvalue weighted by atomic mass is 32.1. The van der Waals surface area contributed by atoms with Crippen LogP contribution >= 0.6 is 11.3 Å². The molecule has 0 aliphatic carbocycles. The molecule has 0 aliphatic heterocycles. The van der Waals surface area contributed by atoms with Gasteiger partial charge in [-0.3, -0.25) is 0 Å². The second kappa shape index (κ2) is 6.86. The van der Waals surface area contributed by atoms with Crippen molar-refractivity contribution in [2.24, 2.45) is 5.73 Å². The fourth-order valence-electron chi connectivity index (χ4n) is 1.99. The van der Waals surface area contributed by atoms with Crippen LogP contribution in [0.4, 0.5) is 0 Å². The quantitative estimate of drug-likeness (QED) is 0.880. The van der Waals surface area contributed by atoms with Gasteiger partial charge in [0.2, 0.25) is 0 Å². The summed E-state index contributed by atoms with van der Waals surface area (Å²) in [4.78, 5) is 5.83. The summed E-state index contributed by atoms with van der Waals surface area (Å²) in [5, 5.41) is 1.10. The van der Waals surface area contributed by atoms with E-state index in [1.165, 1.54) is 4.88 Å². The number of aromatic nitrogens is 1. The molecule has 0 saturated heterocycles. The monoisotopic (exact) mass is 290 g/mol. The Hall–Kier alpha value is -1.39. The summed E-state index contributed by atoms with van der Waals surface area (Å²) >= 11 is 1.73. The largest absolute Gasteiger partial charge is 0.494 e. The SMILES string of the molecule is CCCOc1cccc(C(N)Cc2nc(C)c(C)s2)c1. The zero-order chi connectivity index (χ0) is 14.5. The first-order valence-electron chi connectivity index (χ1n) is 7.01. The molecule has 0 bridgehead atoms. The molecule has 4 heteroatoms. The first kappa shape index (κ1) is 15.0. The lowest BCUT2D eigenvalue weighted by atomic mass is 10.0. The van der Waals surface area contributed by atoms with Crippen molar-refractivity contribution >= 4 is 11.3 Å². The lowest BCUT2D eigenvalue weighted by molar-refractivity contribution is 0.317. The fraction of sp³-hybridized carbons (Fsp3) is 0.438. The first-order valence-corrected chi connectivity index (χ1v) is 7.83. The molecule has 0 aliphatic rings. The fourth-order valence-corrected chi connectivity index (χ4v) is 2.98. The number of hydrogen-bond acceptors (Lipinski definition) is 4. The minimum atomic E-state index is -0.0369. The van der Waals surface area contributed by atoms with Crippen LogP contribution in [0.15, 0.2) is 24.3 Å². The van der Waals surface area contributed by atoms with Gasteiger partial charge in [-0.2, -0.15) is 0 Å².